The van der Waals surface area contributed by atoms with E-state index in [4.69, 9.17) is 0 Å². The second-order valence-electron chi connectivity index (χ2n) is 6.97. The molecule has 0 heterocycles. The van der Waals surface area contributed by atoms with E-state index in [2.05, 4.69) is 51.5 Å². The van der Waals surface area contributed by atoms with Gasteiger partial charge in [0.15, 0.2) is 0 Å². The van der Waals surface area contributed by atoms with Gasteiger partial charge in [-0.3, -0.25) is 0 Å². The third-order valence-electron chi connectivity index (χ3n) is 4.46. The van der Waals surface area contributed by atoms with Crippen LogP contribution >= 0.6 is 0 Å². The fourth-order valence-corrected chi connectivity index (χ4v) is 3.25. The standard InChI is InChI=1S/C17H28N/c1-18(2,3)15-14-17(12-8-5-9-13-17)16-10-6-4-7-11-16/h4,6-7,10-11H,5,8-9,12-15H2,1-3H3/q+1. The molecule has 18 heavy (non-hydrogen) atoms. The van der Waals surface area contributed by atoms with Crippen LogP contribution in [0.4, 0.5) is 0 Å². The second kappa shape index (κ2) is 5.44. The molecule has 0 unspecified atom stereocenters. The van der Waals surface area contributed by atoms with Gasteiger partial charge >= 0.3 is 0 Å². The Balaban J connectivity index is 2.18. The van der Waals surface area contributed by atoms with Crippen molar-refractivity contribution in [1.29, 1.82) is 0 Å². The third kappa shape index (κ3) is 3.35. The Kier molecular flexibility index (Phi) is 4.11. The quantitative estimate of drug-likeness (QED) is 0.705. The average Bonchev–Trinajstić information content (AvgIpc) is 2.38. The minimum Gasteiger partial charge on any atom is -0.331 e. The summed E-state index contributed by atoms with van der Waals surface area (Å²) in [6.45, 7) is 1.27. The molecule has 0 aliphatic heterocycles. The maximum absolute atomic E-state index is 2.35. The topological polar surface area (TPSA) is 0 Å². The van der Waals surface area contributed by atoms with Crippen molar-refractivity contribution < 1.29 is 4.48 Å². The summed E-state index contributed by atoms with van der Waals surface area (Å²) in [5.74, 6) is 0. The van der Waals surface area contributed by atoms with Gasteiger partial charge in [0.2, 0.25) is 0 Å². The maximum atomic E-state index is 2.35. The highest BCUT2D eigenvalue weighted by Gasteiger charge is 2.34. The molecule has 0 bridgehead atoms. The summed E-state index contributed by atoms with van der Waals surface area (Å²) in [6.07, 6.45) is 8.35. The van der Waals surface area contributed by atoms with E-state index in [1.807, 2.05) is 0 Å². The van der Waals surface area contributed by atoms with Gasteiger partial charge in [-0.15, -0.1) is 0 Å². The van der Waals surface area contributed by atoms with E-state index in [1.165, 1.54) is 45.1 Å². The fourth-order valence-electron chi connectivity index (χ4n) is 3.25. The Bertz CT molecular complexity index is 355. The molecule has 100 valence electrons. The van der Waals surface area contributed by atoms with Gasteiger partial charge in [0.05, 0.1) is 27.7 Å². The maximum Gasteiger partial charge on any atom is 0.0789 e. The lowest BCUT2D eigenvalue weighted by atomic mass is 9.67. The molecule has 0 atom stereocenters. The number of quaternary nitrogens is 1. The molecule has 0 radical (unpaired) electrons. The Morgan fingerprint density at radius 2 is 1.56 bits per heavy atom. The molecule has 1 aromatic rings. The summed E-state index contributed by atoms with van der Waals surface area (Å²) < 4.78 is 1.08. The Labute approximate surface area is 112 Å². The van der Waals surface area contributed by atoms with Crippen molar-refractivity contribution >= 4 is 0 Å². The van der Waals surface area contributed by atoms with Crippen molar-refractivity contribution in [3.63, 3.8) is 0 Å². The molecule has 1 heteroatoms. The smallest absolute Gasteiger partial charge is 0.0789 e. The highest BCUT2D eigenvalue weighted by atomic mass is 15.3. The summed E-state index contributed by atoms with van der Waals surface area (Å²) in [5.41, 5.74) is 2.04. The number of benzene rings is 1. The average molecular weight is 246 g/mol. The molecule has 0 amide bonds. The first-order valence-electron chi connectivity index (χ1n) is 7.38. The van der Waals surface area contributed by atoms with Crippen LogP contribution in [0.2, 0.25) is 0 Å². The van der Waals surface area contributed by atoms with Crippen LogP contribution in [0.5, 0.6) is 0 Å². The summed E-state index contributed by atoms with van der Waals surface area (Å²) in [5, 5.41) is 0. The Hall–Kier alpha value is -0.820. The van der Waals surface area contributed by atoms with Crippen LogP contribution in [0.25, 0.3) is 0 Å². The van der Waals surface area contributed by atoms with Crippen LogP contribution in [0.3, 0.4) is 0 Å². The van der Waals surface area contributed by atoms with Gasteiger partial charge in [-0.05, 0) is 18.4 Å². The summed E-state index contributed by atoms with van der Waals surface area (Å²) in [6, 6.07) is 11.2. The first-order chi connectivity index (χ1) is 8.52. The largest absolute Gasteiger partial charge is 0.331 e. The molecular formula is C17H28N+. The van der Waals surface area contributed by atoms with E-state index in [9.17, 15) is 0 Å². The van der Waals surface area contributed by atoms with E-state index in [1.54, 1.807) is 5.56 Å². The van der Waals surface area contributed by atoms with Gasteiger partial charge in [0, 0.05) is 11.8 Å². The second-order valence-corrected chi connectivity index (χ2v) is 6.97. The lowest BCUT2D eigenvalue weighted by Crippen LogP contribution is -2.40. The molecule has 1 nitrogen and oxygen atoms in total. The zero-order valence-corrected chi connectivity index (χ0v) is 12.3. The molecule has 1 saturated carbocycles. The van der Waals surface area contributed by atoms with Crippen LogP contribution in [0.1, 0.15) is 44.1 Å². The van der Waals surface area contributed by atoms with E-state index >= 15 is 0 Å². The van der Waals surface area contributed by atoms with Gasteiger partial charge in [-0.2, -0.15) is 0 Å². The first kappa shape index (κ1) is 13.6. The zero-order valence-electron chi connectivity index (χ0n) is 12.3. The van der Waals surface area contributed by atoms with Crippen LogP contribution in [0, 0.1) is 0 Å². The van der Waals surface area contributed by atoms with Crippen molar-refractivity contribution in [1.82, 2.24) is 0 Å². The van der Waals surface area contributed by atoms with Gasteiger partial charge in [-0.1, -0.05) is 49.6 Å². The molecule has 0 aromatic heterocycles. The lowest BCUT2D eigenvalue weighted by molar-refractivity contribution is -0.871. The highest BCUT2D eigenvalue weighted by Crippen LogP contribution is 2.42. The van der Waals surface area contributed by atoms with Crippen molar-refractivity contribution in [3.8, 4) is 0 Å². The van der Waals surface area contributed by atoms with Crippen molar-refractivity contribution in [2.24, 2.45) is 0 Å². The zero-order chi connectivity index (χ0) is 13.1. The van der Waals surface area contributed by atoms with E-state index in [0.717, 1.165) is 4.48 Å². The molecular weight excluding hydrogens is 218 g/mol. The van der Waals surface area contributed by atoms with Crippen LogP contribution in [0.15, 0.2) is 30.3 Å². The van der Waals surface area contributed by atoms with Crippen LogP contribution in [-0.4, -0.2) is 32.2 Å². The van der Waals surface area contributed by atoms with E-state index < -0.39 is 0 Å². The van der Waals surface area contributed by atoms with Gasteiger partial charge < -0.3 is 4.48 Å². The number of rotatable bonds is 4. The summed E-state index contributed by atoms with van der Waals surface area (Å²) in [4.78, 5) is 0. The van der Waals surface area contributed by atoms with Gasteiger partial charge in [0.25, 0.3) is 0 Å². The van der Waals surface area contributed by atoms with Crippen molar-refractivity contribution in [2.45, 2.75) is 43.9 Å². The first-order valence-corrected chi connectivity index (χ1v) is 7.38. The molecule has 1 aromatic carbocycles. The minimum atomic E-state index is 0.463. The number of hydrogen-bond donors (Lipinski definition) is 0. The molecule has 1 fully saturated rings. The minimum absolute atomic E-state index is 0.463. The molecule has 1 aliphatic rings. The van der Waals surface area contributed by atoms with Gasteiger partial charge in [-0.25, -0.2) is 0 Å². The summed E-state index contributed by atoms with van der Waals surface area (Å²) >= 11 is 0. The van der Waals surface area contributed by atoms with E-state index in [-0.39, 0.29) is 0 Å². The van der Waals surface area contributed by atoms with Crippen LogP contribution < -0.4 is 0 Å². The Morgan fingerprint density at radius 3 is 2.11 bits per heavy atom. The molecule has 1 aliphatic carbocycles. The molecule has 0 spiro atoms. The monoisotopic (exact) mass is 246 g/mol. The number of nitrogens with zero attached hydrogens (tertiary/aromatic N) is 1. The summed E-state index contributed by atoms with van der Waals surface area (Å²) in [7, 11) is 6.92. The molecule has 0 N–H and O–H groups in total. The van der Waals surface area contributed by atoms with Crippen molar-refractivity contribution in [3.05, 3.63) is 35.9 Å². The van der Waals surface area contributed by atoms with Gasteiger partial charge in [0.1, 0.15) is 0 Å². The fraction of sp³-hybridized carbons (Fsp3) is 0.647. The number of hydrogen-bond acceptors (Lipinski definition) is 0. The van der Waals surface area contributed by atoms with Crippen molar-refractivity contribution in [2.75, 3.05) is 27.7 Å². The highest BCUT2D eigenvalue weighted by molar-refractivity contribution is 5.25. The predicted molar refractivity (Wildman–Crippen MR) is 78.7 cm³/mol. The lowest BCUT2D eigenvalue weighted by Gasteiger charge is -2.40. The predicted octanol–water partition coefficient (Wildman–Crippen LogP) is 3.98. The SMILES string of the molecule is C[N+](C)(C)CCC1(c2ccccc2)CCCCC1. The third-order valence-corrected chi connectivity index (χ3v) is 4.46. The molecule has 0 saturated heterocycles. The molecule has 2 rings (SSSR count). The van der Waals surface area contributed by atoms with E-state index in [0.29, 0.717) is 5.41 Å². The normalized spacial score (nSPS) is 19.7. The Morgan fingerprint density at radius 1 is 0.944 bits per heavy atom. The van der Waals surface area contributed by atoms with Crippen LogP contribution in [-0.2, 0) is 5.41 Å².